The van der Waals surface area contributed by atoms with Gasteiger partial charge in [-0.3, -0.25) is 4.79 Å². The minimum absolute atomic E-state index is 0.0526. The van der Waals surface area contributed by atoms with Crippen molar-refractivity contribution in [2.75, 3.05) is 23.8 Å². The first-order valence-electron chi connectivity index (χ1n) is 7.49. The van der Waals surface area contributed by atoms with Crippen LogP contribution in [0.25, 0.3) is 0 Å². The lowest BCUT2D eigenvalue weighted by Gasteiger charge is -2.26. The van der Waals surface area contributed by atoms with Crippen molar-refractivity contribution in [2.24, 2.45) is 0 Å². The Morgan fingerprint density at radius 1 is 1.40 bits per heavy atom. The van der Waals surface area contributed by atoms with Crippen LogP contribution in [-0.2, 0) is 4.79 Å². The molecule has 2 unspecified atom stereocenters. The van der Waals surface area contributed by atoms with Crippen molar-refractivity contribution in [1.82, 2.24) is 5.32 Å². The molecular formula is C16H25N3O. The molecule has 0 saturated carbocycles. The average molecular weight is 275 g/mol. The largest absolute Gasteiger partial charge is 0.372 e. The van der Waals surface area contributed by atoms with E-state index in [0.29, 0.717) is 6.04 Å². The van der Waals surface area contributed by atoms with Gasteiger partial charge in [-0.05, 0) is 38.4 Å². The van der Waals surface area contributed by atoms with Crippen molar-refractivity contribution >= 4 is 17.3 Å². The van der Waals surface area contributed by atoms with Crippen molar-refractivity contribution in [3.8, 4) is 0 Å². The van der Waals surface area contributed by atoms with E-state index < -0.39 is 0 Å². The molecule has 0 spiro atoms. The number of hydrogen-bond donors (Lipinski definition) is 2. The number of amides is 1. The summed E-state index contributed by atoms with van der Waals surface area (Å²) in [5, 5.41) is 6.27. The van der Waals surface area contributed by atoms with Gasteiger partial charge in [0.15, 0.2) is 0 Å². The first-order valence-corrected chi connectivity index (χ1v) is 7.49. The molecule has 0 bridgehead atoms. The minimum Gasteiger partial charge on any atom is -0.372 e. The van der Waals surface area contributed by atoms with Crippen LogP contribution in [0.2, 0.25) is 0 Å². The fourth-order valence-corrected chi connectivity index (χ4v) is 2.49. The Hall–Kier alpha value is -1.55. The summed E-state index contributed by atoms with van der Waals surface area (Å²) in [6.07, 6.45) is 2.12. The first kappa shape index (κ1) is 14.9. The Morgan fingerprint density at radius 3 is 2.80 bits per heavy atom. The van der Waals surface area contributed by atoms with Gasteiger partial charge in [0.1, 0.15) is 6.04 Å². The third kappa shape index (κ3) is 2.80. The van der Waals surface area contributed by atoms with E-state index in [-0.39, 0.29) is 11.9 Å². The lowest BCUT2D eigenvalue weighted by molar-refractivity contribution is -0.117. The normalized spacial score (nSPS) is 18.6. The second kappa shape index (κ2) is 6.27. The maximum atomic E-state index is 12.0. The monoisotopic (exact) mass is 275 g/mol. The molecule has 4 heteroatoms. The molecule has 1 heterocycles. The molecule has 110 valence electrons. The van der Waals surface area contributed by atoms with E-state index in [0.717, 1.165) is 36.3 Å². The van der Waals surface area contributed by atoms with Crippen molar-refractivity contribution in [3.63, 3.8) is 0 Å². The molecule has 0 aromatic heterocycles. The van der Waals surface area contributed by atoms with Crippen molar-refractivity contribution in [2.45, 2.75) is 45.7 Å². The third-order valence-electron chi connectivity index (χ3n) is 4.13. The number of nitrogens with zero attached hydrogens (tertiary/aromatic N) is 1. The highest BCUT2D eigenvalue weighted by atomic mass is 16.2. The molecule has 0 saturated heterocycles. The van der Waals surface area contributed by atoms with Gasteiger partial charge < -0.3 is 15.5 Å². The maximum absolute atomic E-state index is 12.0. The molecule has 1 aliphatic rings. The van der Waals surface area contributed by atoms with E-state index >= 15 is 0 Å². The van der Waals surface area contributed by atoms with Gasteiger partial charge in [0, 0.05) is 30.0 Å². The molecule has 2 N–H and O–H groups in total. The summed E-state index contributed by atoms with van der Waals surface area (Å²) in [6, 6.07) is 6.53. The summed E-state index contributed by atoms with van der Waals surface area (Å²) in [7, 11) is 2.10. The van der Waals surface area contributed by atoms with Crippen LogP contribution >= 0.6 is 0 Å². The molecule has 1 aliphatic heterocycles. The van der Waals surface area contributed by atoms with E-state index in [1.807, 2.05) is 0 Å². The molecule has 1 amide bonds. The molecule has 1 aromatic rings. The van der Waals surface area contributed by atoms with E-state index in [2.05, 4.69) is 61.6 Å². The number of fused-ring (bicyclic) bond motifs is 1. The Balaban J connectivity index is 2.21. The standard InChI is InChI=1S/C16H25N3O/c1-5-9-17-15-13-8-7-12(19(4)11(3)6-2)10-14(13)18-16(15)20/h7-8,10-11,15,17H,5-6,9H2,1-4H3,(H,18,20). The van der Waals surface area contributed by atoms with E-state index in [1.54, 1.807) is 0 Å². The predicted octanol–water partition coefficient (Wildman–Crippen LogP) is 2.91. The molecule has 1 aromatic carbocycles. The van der Waals surface area contributed by atoms with Gasteiger partial charge in [0.2, 0.25) is 5.91 Å². The molecule has 20 heavy (non-hydrogen) atoms. The molecule has 0 aliphatic carbocycles. The fourth-order valence-electron chi connectivity index (χ4n) is 2.49. The zero-order valence-corrected chi connectivity index (χ0v) is 12.9. The van der Waals surface area contributed by atoms with Crippen LogP contribution in [0.3, 0.4) is 0 Å². The molecule has 2 rings (SSSR count). The van der Waals surface area contributed by atoms with Crippen molar-refractivity contribution < 1.29 is 4.79 Å². The molecule has 2 atom stereocenters. The zero-order chi connectivity index (χ0) is 14.7. The van der Waals surface area contributed by atoms with Crippen LogP contribution in [-0.4, -0.2) is 25.5 Å². The van der Waals surface area contributed by atoms with Gasteiger partial charge in [0.25, 0.3) is 0 Å². The third-order valence-corrected chi connectivity index (χ3v) is 4.13. The van der Waals surface area contributed by atoms with E-state index in [9.17, 15) is 4.79 Å². The Labute approximate surface area is 121 Å². The van der Waals surface area contributed by atoms with Crippen LogP contribution < -0.4 is 15.5 Å². The van der Waals surface area contributed by atoms with Crippen LogP contribution in [0.4, 0.5) is 11.4 Å². The molecule has 4 nitrogen and oxygen atoms in total. The Bertz CT molecular complexity index is 487. The molecular weight excluding hydrogens is 250 g/mol. The van der Waals surface area contributed by atoms with Gasteiger partial charge >= 0.3 is 0 Å². The minimum atomic E-state index is -0.201. The fraction of sp³-hybridized carbons (Fsp3) is 0.562. The summed E-state index contributed by atoms with van der Waals surface area (Å²) < 4.78 is 0. The summed E-state index contributed by atoms with van der Waals surface area (Å²) in [5.41, 5.74) is 3.15. The summed E-state index contributed by atoms with van der Waals surface area (Å²) in [4.78, 5) is 14.3. The van der Waals surface area contributed by atoms with Gasteiger partial charge in [0.05, 0.1) is 0 Å². The van der Waals surface area contributed by atoms with Crippen LogP contribution in [0, 0.1) is 0 Å². The molecule has 0 radical (unpaired) electrons. The summed E-state index contributed by atoms with van der Waals surface area (Å²) >= 11 is 0. The van der Waals surface area contributed by atoms with Gasteiger partial charge in [-0.1, -0.05) is 19.9 Å². The number of nitrogens with one attached hydrogen (secondary N) is 2. The van der Waals surface area contributed by atoms with Crippen molar-refractivity contribution in [1.29, 1.82) is 0 Å². The van der Waals surface area contributed by atoms with E-state index in [1.165, 1.54) is 0 Å². The van der Waals surface area contributed by atoms with Gasteiger partial charge in [-0.2, -0.15) is 0 Å². The highest BCUT2D eigenvalue weighted by Gasteiger charge is 2.30. The quantitative estimate of drug-likeness (QED) is 0.839. The highest BCUT2D eigenvalue weighted by molar-refractivity contribution is 6.03. The SMILES string of the molecule is CCCNC1C(=O)Nc2cc(N(C)C(C)CC)ccc21. The lowest BCUT2D eigenvalue weighted by atomic mass is 10.1. The smallest absolute Gasteiger partial charge is 0.246 e. The Kier molecular flexibility index (Phi) is 4.65. The first-order chi connectivity index (χ1) is 9.58. The van der Waals surface area contributed by atoms with Gasteiger partial charge in [-0.15, -0.1) is 0 Å². The number of carbonyl (C=O) groups is 1. The number of rotatable bonds is 6. The maximum Gasteiger partial charge on any atom is 0.246 e. The highest BCUT2D eigenvalue weighted by Crippen LogP contribution is 2.34. The van der Waals surface area contributed by atoms with Crippen LogP contribution in [0.5, 0.6) is 0 Å². The second-order valence-corrected chi connectivity index (χ2v) is 5.52. The number of carbonyl (C=O) groups excluding carboxylic acids is 1. The van der Waals surface area contributed by atoms with Crippen molar-refractivity contribution in [3.05, 3.63) is 23.8 Å². The topological polar surface area (TPSA) is 44.4 Å². The second-order valence-electron chi connectivity index (χ2n) is 5.52. The summed E-state index contributed by atoms with van der Waals surface area (Å²) in [5.74, 6) is 0.0526. The lowest BCUT2D eigenvalue weighted by Crippen LogP contribution is -2.28. The zero-order valence-electron chi connectivity index (χ0n) is 12.9. The van der Waals surface area contributed by atoms with Crippen LogP contribution in [0.1, 0.15) is 45.2 Å². The predicted molar refractivity (Wildman–Crippen MR) is 84.3 cm³/mol. The molecule has 0 fully saturated rings. The average Bonchev–Trinajstić information content (AvgIpc) is 2.77. The number of benzene rings is 1. The van der Waals surface area contributed by atoms with Crippen LogP contribution in [0.15, 0.2) is 18.2 Å². The van der Waals surface area contributed by atoms with E-state index in [4.69, 9.17) is 0 Å². The number of hydrogen-bond acceptors (Lipinski definition) is 3. The summed E-state index contributed by atoms with van der Waals surface area (Å²) in [6.45, 7) is 7.34. The Morgan fingerprint density at radius 2 is 2.15 bits per heavy atom. The number of anilines is 2. The van der Waals surface area contributed by atoms with Gasteiger partial charge in [-0.25, -0.2) is 0 Å².